The van der Waals surface area contributed by atoms with Crippen LogP contribution in [0.15, 0.2) is 91.0 Å². The van der Waals surface area contributed by atoms with E-state index in [2.05, 4.69) is 36.4 Å². The molecule has 23 heavy (non-hydrogen) atoms. The van der Waals surface area contributed by atoms with Gasteiger partial charge in [0, 0.05) is 0 Å². The van der Waals surface area contributed by atoms with Crippen molar-refractivity contribution in [2.75, 3.05) is 13.2 Å². The quantitative estimate of drug-likeness (QED) is 0.707. The molecular weight excluding hydrogens is 303 g/mol. The Morgan fingerprint density at radius 2 is 0.957 bits per heavy atom. The van der Waals surface area contributed by atoms with Crippen molar-refractivity contribution in [3.05, 3.63) is 91.0 Å². The Balaban J connectivity index is 2.25. The second-order valence-corrected chi connectivity index (χ2v) is 8.73. The molecule has 0 aliphatic rings. The fraction of sp³-hybridized carbons (Fsp3) is 0.100. The van der Waals surface area contributed by atoms with Crippen LogP contribution in [0, 0.1) is 0 Å². The minimum absolute atomic E-state index is 0.0151. The predicted octanol–water partition coefficient (Wildman–Crippen LogP) is 2.64. The summed E-state index contributed by atoms with van der Waals surface area (Å²) < 4.78 is 6.43. The third-order valence-corrected chi connectivity index (χ3v) is 8.03. The van der Waals surface area contributed by atoms with Crippen molar-refractivity contribution in [3.8, 4) is 0 Å². The van der Waals surface area contributed by atoms with Crippen molar-refractivity contribution >= 4 is 23.4 Å². The molecule has 0 unspecified atom stereocenters. The Labute approximate surface area is 137 Å². The first-order valence-corrected chi connectivity index (χ1v) is 9.70. The molecule has 0 saturated heterocycles. The number of hydrogen-bond acceptors (Lipinski definition) is 2. The van der Waals surface area contributed by atoms with Gasteiger partial charge in [-0.2, -0.15) is 0 Å². The summed E-state index contributed by atoms with van der Waals surface area (Å²) in [6.45, 7) is 0.339. The molecular formula is C20H21O2P. The fourth-order valence-corrected chi connectivity index (χ4v) is 6.85. The first-order valence-electron chi connectivity index (χ1n) is 7.79. The van der Waals surface area contributed by atoms with Crippen LogP contribution in [0.4, 0.5) is 0 Å². The Morgan fingerprint density at radius 1 is 0.609 bits per heavy atom. The van der Waals surface area contributed by atoms with Gasteiger partial charge in [-0.05, 0) is 0 Å². The van der Waals surface area contributed by atoms with E-state index in [-0.39, 0.29) is 6.61 Å². The molecule has 0 fully saturated rings. The molecule has 0 spiro atoms. The summed E-state index contributed by atoms with van der Waals surface area (Å²) in [6.07, 6.45) is 0. The van der Waals surface area contributed by atoms with Crippen LogP contribution in [0.3, 0.4) is 0 Å². The third-order valence-electron chi connectivity index (χ3n) is 3.95. The van der Waals surface area contributed by atoms with E-state index in [1.54, 1.807) is 0 Å². The van der Waals surface area contributed by atoms with Crippen molar-refractivity contribution in [2.45, 2.75) is 0 Å². The first-order chi connectivity index (χ1) is 11.4. The van der Waals surface area contributed by atoms with Gasteiger partial charge in [-0.15, -0.1) is 0 Å². The number of hydrogen-bond donors (Lipinski definition) is 1. The topological polar surface area (TPSA) is 29.5 Å². The zero-order valence-corrected chi connectivity index (χ0v) is 13.9. The number of aliphatic hydroxyl groups excluding tert-OH is 1. The van der Waals surface area contributed by atoms with Crippen LogP contribution >= 0.6 is 7.49 Å². The van der Waals surface area contributed by atoms with Crippen LogP contribution in [0.5, 0.6) is 0 Å². The van der Waals surface area contributed by atoms with Crippen molar-refractivity contribution in [2.24, 2.45) is 0 Å². The summed E-state index contributed by atoms with van der Waals surface area (Å²) in [5.74, 6) is 0. The van der Waals surface area contributed by atoms with Gasteiger partial charge in [-0.25, -0.2) is 0 Å². The summed E-state index contributed by atoms with van der Waals surface area (Å²) in [5.41, 5.74) is 0. The molecule has 0 heterocycles. The average molecular weight is 324 g/mol. The van der Waals surface area contributed by atoms with Gasteiger partial charge in [0.2, 0.25) is 0 Å². The first kappa shape index (κ1) is 15.9. The molecule has 0 aromatic heterocycles. The summed E-state index contributed by atoms with van der Waals surface area (Å²) in [5, 5.41) is 12.9. The molecule has 2 nitrogen and oxygen atoms in total. The monoisotopic (exact) mass is 324 g/mol. The molecule has 1 N–H and O–H groups in total. The Kier molecular flexibility index (Phi) is 5.19. The number of aliphatic hydroxyl groups is 1. The third kappa shape index (κ3) is 3.20. The van der Waals surface area contributed by atoms with E-state index in [1.807, 2.05) is 54.6 Å². The fourth-order valence-electron chi connectivity index (χ4n) is 2.97. The molecule has 0 aliphatic heterocycles. The zero-order chi connectivity index (χ0) is 16.0. The van der Waals surface area contributed by atoms with Crippen LogP contribution in [0.2, 0.25) is 0 Å². The van der Waals surface area contributed by atoms with Crippen LogP contribution in [-0.2, 0) is 4.52 Å². The van der Waals surface area contributed by atoms with Gasteiger partial charge in [0.25, 0.3) is 0 Å². The summed E-state index contributed by atoms with van der Waals surface area (Å²) in [6, 6.07) is 31.1. The van der Waals surface area contributed by atoms with E-state index in [1.165, 1.54) is 15.9 Å². The van der Waals surface area contributed by atoms with Crippen molar-refractivity contribution in [1.82, 2.24) is 0 Å². The average Bonchev–Trinajstić information content (AvgIpc) is 2.65. The van der Waals surface area contributed by atoms with Crippen LogP contribution in [-0.4, -0.2) is 18.3 Å². The molecule has 3 aromatic rings. The van der Waals surface area contributed by atoms with E-state index in [0.717, 1.165) is 0 Å². The number of benzene rings is 3. The molecule has 0 radical (unpaired) electrons. The minimum atomic E-state index is -2.60. The van der Waals surface area contributed by atoms with Gasteiger partial charge in [0.15, 0.2) is 0 Å². The van der Waals surface area contributed by atoms with Crippen molar-refractivity contribution in [3.63, 3.8) is 0 Å². The molecule has 0 amide bonds. The Bertz CT molecular complexity index is 618. The van der Waals surface area contributed by atoms with Gasteiger partial charge < -0.3 is 0 Å². The second kappa shape index (κ2) is 7.52. The van der Waals surface area contributed by atoms with E-state index in [9.17, 15) is 5.11 Å². The van der Waals surface area contributed by atoms with Crippen LogP contribution in [0.1, 0.15) is 0 Å². The van der Waals surface area contributed by atoms with Gasteiger partial charge >= 0.3 is 137 Å². The molecule has 3 aromatic carbocycles. The maximum atomic E-state index is 9.37. The zero-order valence-electron chi connectivity index (χ0n) is 12.9. The van der Waals surface area contributed by atoms with E-state index in [0.29, 0.717) is 6.61 Å². The SMILES string of the molecule is OCCO[PH](c1ccccc1)(c1ccccc1)c1ccccc1. The van der Waals surface area contributed by atoms with Gasteiger partial charge in [-0.3, -0.25) is 0 Å². The van der Waals surface area contributed by atoms with E-state index in [4.69, 9.17) is 4.52 Å². The summed E-state index contributed by atoms with van der Waals surface area (Å²) in [7, 11) is -2.60. The Hall–Kier alpha value is -1.99. The Morgan fingerprint density at radius 3 is 1.26 bits per heavy atom. The molecule has 0 saturated carbocycles. The summed E-state index contributed by atoms with van der Waals surface area (Å²) >= 11 is 0. The molecule has 0 bridgehead atoms. The molecule has 0 aliphatic carbocycles. The molecule has 118 valence electrons. The van der Waals surface area contributed by atoms with Crippen molar-refractivity contribution < 1.29 is 9.63 Å². The molecule has 3 rings (SSSR count). The molecule has 0 atom stereocenters. The van der Waals surface area contributed by atoms with Gasteiger partial charge in [0.1, 0.15) is 0 Å². The van der Waals surface area contributed by atoms with Crippen molar-refractivity contribution in [1.29, 1.82) is 0 Å². The van der Waals surface area contributed by atoms with E-state index < -0.39 is 7.49 Å². The maximum absolute atomic E-state index is 9.37. The van der Waals surface area contributed by atoms with Gasteiger partial charge in [-0.1, -0.05) is 0 Å². The predicted molar refractivity (Wildman–Crippen MR) is 99.6 cm³/mol. The standard InChI is InChI=1S/C20H21O2P/c21-16-17-22-23(18-10-4-1-5-11-18,19-12-6-2-7-13-19)20-14-8-3-9-15-20/h1-15,21,23H,16-17H2. The second-order valence-electron chi connectivity index (χ2n) is 5.35. The number of rotatable bonds is 6. The van der Waals surface area contributed by atoms with Crippen LogP contribution in [0.25, 0.3) is 0 Å². The molecule has 3 heteroatoms. The van der Waals surface area contributed by atoms with Crippen LogP contribution < -0.4 is 15.9 Å². The summed E-state index contributed by atoms with van der Waals surface area (Å²) in [4.78, 5) is 0. The van der Waals surface area contributed by atoms with E-state index >= 15 is 0 Å². The normalized spacial score (nSPS) is 12.0. The van der Waals surface area contributed by atoms with Gasteiger partial charge in [0.05, 0.1) is 0 Å².